The van der Waals surface area contributed by atoms with Gasteiger partial charge >= 0.3 is 0 Å². The third-order valence-corrected chi connectivity index (χ3v) is 6.99. The Bertz CT molecular complexity index is 1330. The van der Waals surface area contributed by atoms with Gasteiger partial charge in [-0.05, 0) is 55.9 Å². The molecule has 37 heavy (non-hydrogen) atoms. The monoisotopic (exact) mass is 496 g/mol. The molecule has 1 aromatic carbocycles. The van der Waals surface area contributed by atoms with Crippen molar-refractivity contribution in [1.29, 1.82) is 0 Å². The highest BCUT2D eigenvalue weighted by Gasteiger charge is 2.27. The summed E-state index contributed by atoms with van der Waals surface area (Å²) >= 11 is 0. The Morgan fingerprint density at radius 3 is 2.70 bits per heavy atom. The number of nitrogens with zero attached hydrogens (tertiary/aromatic N) is 5. The van der Waals surface area contributed by atoms with Crippen molar-refractivity contribution in [2.45, 2.75) is 58.7 Å². The molecular formula is C29H32N6O2. The molecule has 0 radical (unpaired) electrons. The number of pyridine rings is 1. The van der Waals surface area contributed by atoms with Gasteiger partial charge in [-0.2, -0.15) is 0 Å². The molecule has 1 unspecified atom stereocenters. The standard InChI is InChI=1S/C29H32N6O2/c1-20-27(21(2)34-19-33-20)29(36)32-17-22-6-3-7-23(16-22)18-35(14-11-26-30-13-15-37-26)25-10-4-8-24-9-5-12-31-28(24)25/h3,5-7,9,12-13,15-16,19,25H,4,8,10-11,14,17-18H2,1-2H3,(H,32,36). The maximum Gasteiger partial charge on any atom is 0.255 e. The van der Waals surface area contributed by atoms with Crippen LogP contribution in [0.4, 0.5) is 0 Å². The van der Waals surface area contributed by atoms with Crippen LogP contribution in [0.3, 0.4) is 0 Å². The molecule has 0 saturated heterocycles. The number of nitrogens with one attached hydrogen (secondary N) is 1. The largest absolute Gasteiger partial charge is 0.449 e. The Hall–Kier alpha value is -3.91. The second-order valence-corrected chi connectivity index (χ2v) is 9.52. The fraction of sp³-hybridized carbons (Fsp3) is 0.345. The average molecular weight is 497 g/mol. The number of fused-ring (bicyclic) bond motifs is 1. The molecule has 1 amide bonds. The van der Waals surface area contributed by atoms with Crippen molar-refractivity contribution >= 4 is 5.91 Å². The second kappa shape index (κ2) is 11.4. The highest BCUT2D eigenvalue weighted by atomic mass is 16.3. The molecule has 0 spiro atoms. The van der Waals surface area contributed by atoms with Crippen LogP contribution in [0.1, 0.15) is 68.9 Å². The zero-order valence-corrected chi connectivity index (χ0v) is 21.4. The van der Waals surface area contributed by atoms with Crippen molar-refractivity contribution in [3.63, 3.8) is 0 Å². The Morgan fingerprint density at radius 2 is 1.89 bits per heavy atom. The predicted molar refractivity (Wildman–Crippen MR) is 140 cm³/mol. The van der Waals surface area contributed by atoms with E-state index in [1.54, 1.807) is 12.5 Å². The molecular weight excluding hydrogens is 464 g/mol. The summed E-state index contributed by atoms with van der Waals surface area (Å²) in [5.74, 6) is 0.590. The first kappa shape index (κ1) is 24.8. The van der Waals surface area contributed by atoms with Gasteiger partial charge in [-0.15, -0.1) is 0 Å². The summed E-state index contributed by atoms with van der Waals surface area (Å²) in [5, 5.41) is 3.03. The summed E-state index contributed by atoms with van der Waals surface area (Å²) in [5.41, 5.74) is 6.67. The minimum atomic E-state index is -0.154. The number of hydrogen-bond acceptors (Lipinski definition) is 7. The third-order valence-electron chi connectivity index (χ3n) is 6.99. The molecule has 8 nitrogen and oxygen atoms in total. The number of aryl methyl sites for hydroxylation is 3. The van der Waals surface area contributed by atoms with Crippen LogP contribution >= 0.6 is 0 Å². The number of benzene rings is 1. The van der Waals surface area contributed by atoms with Gasteiger partial charge in [0.15, 0.2) is 5.89 Å². The molecule has 8 heteroatoms. The van der Waals surface area contributed by atoms with E-state index in [9.17, 15) is 4.79 Å². The Morgan fingerprint density at radius 1 is 1.05 bits per heavy atom. The van der Waals surface area contributed by atoms with Crippen LogP contribution in [0.5, 0.6) is 0 Å². The number of aromatic nitrogens is 4. The lowest BCUT2D eigenvalue weighted by molar-refractivity contribution is 0.0948. The molecule has 1 aliphatic carbocycles. The Balaban J connectivity index is 1.32. The molecule has 3 heterocycles. The number of carbonyl (C=O) groups is 1. The second-order valence-electron chi connectivity index (χ2n) is 9.52. The van der Waals surface area contributed by atoms with Gasteiger partial charge in [0.1, 0.15) is 12.6 Å². The van der Waals surface area contributed by atoms with E-state index in [0.717, 1.165) is 50.2 Å². The minimum absolute atomic E-state index is 0.154. The van der Waals surface area contributed by atoms with E-state index in [-0.39, 0.29) is 11.9 Å². The van der Waals surface area contributed by atoms with Crippen LogP contribution in [0.25, 0.3) is 0 Å². The maximum absolute atomic E-state index is 12.8. The number of rotatable bonds is 9. The van der Waals surface area contributed by atoms with Crippen LogP contribution in [0.15, 0.2) is 65.8 Å². The summed E-state index contributed by atoms with van der Waals surface area (Å²) < 4.78 is 5.52. The number of hydrogen-bond donors (Lipinski definition) is 1. The lowest BCUT2D eigenvalue weighted by Crippen LogP contribution is -2.33. The molecule has 1 atom stereocenters. The molecule has 0 aliphatic heterocycles. The Kier molecular flexibility index (Phi) is 7.65. The van der Waals surface area contributed by atoms with E-state index < -0.39 is 0 Å². The molecule has 4 aromatic rings. The zero-order valence-electron chi connectivity index (χ0n) is 21.4. The Labute approximate surface area is 217 Å². The molecule has 5 rings (SSSR count). The van der Waals surface area contributed by atoms with E-state index >= 15 is 0 Å². The fourth-order valence-electron chi connectivity index (χ4n) is 5.17. The summed E-state index contributed by atoms with van der Waals surface area (Å²) in [6.45, 7) is 5.68. The molecule has 0 fully saturated rings. The van der Waals surface area contributed by atoms with Crippen LogP contribution < -0.4 is 5.32 Å². The van der Waals surface area contributed by atoms with E-state index in [0.29, 0.717) is 23.5 Å². The normalized spacial score (nSPS) is 14.9. The van der Waals surface area contributed by atoms with Gasteiger partial charge in [-0.25, -0.2) is 15.0 Å². The van der Waals surface area contributed by atoms with Gasteiger partial charge in [-0.1, -0.05) is 30.3 Å². The van der Waals surface area contributed by atoms with Gasteiger partial charge in [0.2, 0.25) is 0 Å². The molecule has 0 bridgehead atoms. The summed E-state index contributed by atoms with van der Waals surface area (Å²) in [7, 11) is 0. The zero-order chi connectivity index (χ0) is 25.6. The fourth-order valence-corrected chi connectivity index (χ4v) is 5.17. The van der Waals surface area contributed by atoms with Crippen LogP contribution in [0.2, 0.25) is 0 Å². The predicted octanol–water partition coefficient (Wildman–Crippen LogP) is 4.53. The van der Waals surface area contributed by atoms with Crippen LogP contribution in [-0.4, -0.2) is 37.3 Å². The first-order chi connectivity index (χ1) is 18.1. The third kappa shape index (κ3) is 5.91. The summed E-state index contributed by atoms with van der Waals surface area (Å²) in [6, 6.07) is 12.9. The molecule has 0 saturated carbocycles. The number of amides is 1. The van der Waals surface area contributed by atoms with Crippen molar-refractivity contribution in [2.24, 2.45) is 0 Å². The molecule has 190 valence electrons. The van der Waals surface area contributed by atoms with Gasteiger partial charge in [0.05, 0.1) is 34.9 Å². The topological polar surface area (TPSA) is 97.0 Å². The number of oxazole rings is 1. The summed E-state index contributed by atoms with van der Waals surface area (Å²) in [6.07, 6.45) is 10.7. The van der Waals surface area contributed by atoms with Crippen molar-refractivity contribution in [3.8, 4) is 0 Å². The maximum atomic E-state index is 12.8. The molecule has 1 N–H and O–H groups in total. The lowest BCUT2D eigenvalue weighted by Gasteiger charge is -2.35. The molecule has 1 aliphatic rings. The minimum Gasteiger partial charge on any atom is -0.449 e. The van der Waals surface area contributed by atoms with Gasteiger partial charge < -0.3 is 9.73 Å². The van der Waals surface area contributed by atoms with Crippen molar-refractivity contribution in [2.75, 3.05) is 6.54 Å². The van der Waals surface area contributed by atoms with Crippen LogP contribution in [0, 0.1) is 13.8 Å². The van der Waals surface area contributed by atoms with E-state index in [2.05, 4.69) is 49.4 Å². The first-order valence-electron chi connectivity index (χ1n) is 12.8. The highest BCUT2D eigenvalue weighted by Crippen LogP contribution is 2.34. The quantitative estimate of drug-likeness (QED) is 0.364. The number of carbonyl (C=O) groups excluding carboxylic acids is 1. The lowest BCUT2D eigenvalue weighted by atomic mass is 9.90. The van der Waals surface area contributed by atoms with Gasteiger partial charge in [0, 0.05) is 32.3 Å². The molecule has 3 aromatic heterocycles. The van der Waals surface area contributed by atoms with Crippen LogP contribution in [-0.2, 0) is 25.9 Å². The SMILES string of the molecule is Cc1ncnc(C)c1C(=O)NCc1cccc(CN(CCc2ncco2)C2CCCc3cccnc32)c1. The highest BCUT2D eigenvalue weighted by molar-refractivity contribution is 5.96. The van der Waals surface area contributed by atoms with Gasteiger partial charge in [-0.3, -0.25) is 14.7 Å². The van der Waals surface area contributed by atoms with E-state index in [1.807, 2.05) is 32.2 Å². The van der Waals surface area contributed by atoms with Crippen molar-refractivity contribution in [3.05, 3.63) is 107 Å². The first-order valence-corrected chi connectivity index (χ1v) is 12.8. The van der Waals surface area contributed by atoms with E-state index in [1.165, 1.54) is 23.1 Å². The van der Waals surface area contributed by atoms with E-state index in [4.69, 9.17) is 9.40 Å². The van der Waals surface area contributed by atoms with Crippen molar-refractivity contribution in [1.82, 2.24) is 30.2 Å². The van der Waals surface area contributed by atoms with Gasteiger partial charge in [0.25, 0.3) is 5.91 Å². The summed E-state index contributed by atoms with van der Waals surface area (Å²) in [4.78, 5) is 32.7. The van der Waals surface area contributed by atoms with Crippen molar-refractivity contribution < 1.29 is 9.21 Å². The average Bonchev–Trinajstić information content (AvgIpc) is 3.43. The smallest absolute Gasteiger partial charge is 0.255 e.